The molecule has 2 aliphatic rings. The number of rotatable bonds is 3. The molecule has 1 aromatic carbocycles. The van der Waals surface area contributed by atoms with Crippen molar-refractivity contribution in [3.63, 3.8) is 0 Å². The number of nitrogens with zero attached hydrogens (tertiary/aromatic N) is 6. The molecule has 6 rings (SSSR count). The minimum atomic E-state index is 0.493. The summed E-state index contributed by atoms with van der Waals surface area (Å²) in [6, 6.07) is 4.11. The van der Waals surface area contributed by atoms with Gasteiger partial charge in [0.2, 0.25) is 0 Å². The van der Waals surface area contributed by atoms with Crippen molar-refractivity contribution in [3.8, 4) is 11.4 Å². The van der Waals surface area contributed by atoms with E-state index in [0.717, 1.165) is 68.5 Å². The highest BCUT2D eigenvalue weighted by molar-refractivity contribution is 6.34. The van der Waals surface area contributed by atoms with Crippen LogP contribution in [0.4, 0.5) is 5.82 Å². The molecule has 0 radical (unpaired) electrons. The average Bonchev–Trinajstić information content (AvgIpc) is 3.48. The Hall–Kier alpha value is -2.64. The van der Waals surface area contributed by atoms with Gasteiger partial charge in [-0.15, -0.1) is 0 Å². The van der Waals surface area contributed by atoms with Gasteiger partial charge in [-0.2, -0.15) is 10.2 Å². The number of halogens is 2. The molecule has 1 fully saturated rings. The van der Waals surface area contributed by atoms with Crippen molar-refractivity contribution in [1.29, 1.82) is 0 Å². The van der Waals surface area contributed by atoms with E-state index < -0.39 is 0 Å². The zero-order chi connectivity index (χ0) is 22.1. The first-order chi connectivity index (χ1) is 15.4. The Morgan fingerprint density at radius 2 is 1.94 bits per heavy atom. The van der Waals surface area contributed by atoms with E-state index in [4.69, 9.17) is 38.3 Å². The molecule has 3 aromatic heterocycles. The Morgan fingerprint density at radius 3 is 2.72 bits per heavy atom. The van der Waals surface area contributed by atoms with Crippen molar-refractivity contribution in [2.45, 2.75) is 45.6 Å². The fraction of sp³-hybridized carbons (Fsp3) is 0.391. The molecule has 0 atom stereocenters. The lowest BCUT2D eigenvalue weighted by Crippen LogP contribution is -2.33. The molecular weight excluding hydrogens is 445 g/mol. The topological polar surface area (TPSA) is 75.5 Å². The van der Waals surface area contributed by atoms with Gasteiger partial charge in [-0.1, -0.05) is 29.3 Å². The Kier molecular flexibility index (Phi) is 4.49. The lowest BCUT2D eigenvalue weighted by Gasteiger charge is -2.30. The number of benzene rings is 1. The SMILES string of the molecule is Cc1ccc2[nH]nc(C)c2c1-c1nc(Cl)c2c(n1)CCN(c1c(Cl)c(C3CC3)nn1C)C2. The molecule has 1 aliphatic heterocycles. The van der Waals surface area contributed by atoms with E-state index in [-0.39, 0.29) is 0 Å². The van der Waals surface area contributed by atoms with Gasteiger partial charge in [-0.3, -0.25) is 9.78 Å². The molecule has 1 saturated carbocycles. The summed E-state index contributed by atoms with van der Waals surface area (Å²) in [5.41, 5.74) is 6.97. The molecule has 4 aromatic rings. The standard InChI is InChI=1S/C23H23Cl2N7/c1-11-4-7-16-18(12(2)28-29-16)17(11)22-26-15-8-9-32(10-14(15)21(25)27-22)23-19(24)20(13-5-6-13)30-31(23)3/h4,7,13H,5-6,8-10H2,1-3H3,(H,28,29). The van der Waals surface area contributed by atoms with E-state index in [1.54, 1.807) is 0 Å². The zero-order valence-corrected chi connectivity index (χ0v) is 19.7. The Morgan fingerprint density at radius 1 is 1.12 bits per heavy atom. The molecule has 0 unspecified atom stereocenters. The van der Waals surface area contributed by atoms with Gasteiger partial charge in [0, 0.05) is 49.0 Å². The highest BCUT2D eigenvalue weighted by atomic mass is 35.5. The first-order valence-corrected chi connectivity index (χ1v) is 11.6. The maximum Gasteiger partial charge on any atom is 0.162 e. The number of anilines is 1. The van der Waals surface area contributed by atoms with E-state index in [1.807, 2.05) is 24.7 Å². The molecular formula is C23H23Cl2N7. The number of hydrogen-bond donors (Lipinski definition) is 1. The van der Waals surface area contributed by atoms with Crippen LogP contribution in [0.15, 0.2) is 12.1 Å². The maximum absolute atomic E-state index is 6.76. The van der Waals surface area contributed by atoms with Crippen LogP contribution in [-0.4, -0.2) is 36.5 Å². The fourth-order valence-corrected chi connectivity index (χ4v) is 5.48. The van der Waals surface area contributed by atoms with Gasteiger partial charge in [0.15, 0.2) is 5.82 Å². The largest absolute Gasteiger partial charge is 0.351 e. The molecule has 1 aliphatic carbocycles. The van der Waals surface area contributed by atoms with Crippen molar-refractivity contribution < 1.29 is 0 Å². The summed E-state index contributed by atoms with van der Waals surface area (Å²) in [7, 11) is 1.96. The predicted octanol–water partition coefficient (Wildman–Crippen LogP) is 5.12. The summed E-state index contributed by atoms with van der Waals surface area (Å²) in [5, 5.41) is 14.5. The molecule has 9 heteroatoms. The van der Waals surface area contributed by atoms with Crippen LogP contribution in [-0.2, 0) is 20.0 Å². The summed E-state index contributed by atoms with van der Waals surface area (Å²) in [4.78, 5) is 11.9. The lowest BCUT2D eigenvalue weighted by molar-refractivity contribution is 0.655. The zero-order valence-electron chi connectivity index (χ0n) is 18.2. The molecule has 0 bridgehead atoms. The summed E-state index contributed by atoms with van der Waals surface area (Å²) < 4.78 is 1.90. The normalized spacial score (nSPS) is 16.1. The summed E-state index contributed by atoms with van der Waals surface area (Å²) in [6.07, 6.45) is 3.11. The van der Waals surface area contributed by atoms with E-state index in [0.29, 0.717) is 23.4 Å². The van der Waals surface area contributed by atoms with Crippen molar-refractivity contribution in [2.75, 3.05) is 11.4 Å². The molecule has 0 spiro atoms. The van der Waals surface area contributed by atoms with Crippen LogP contribution >= 0.6 is 23.2 Å². The van der Waals surface area contributed by atoms with Gasteiger partial charge in [-0.25, -0.2) is 9.97 Å². The van der Waals surface area contributed by atoms with Gasteiger partial charge >= 0.3 is 0 Å². The summed E-state index contributed by atoms with van der Waals surface area (Å²) in [6.45, 7) is 5.48. The molecule has 0 amide bonds. The van der Waals surface area contributed by atoms with E-state index in [2.05, 4.69) is 28.1 Å². The average molecular weight is 468 g/mol. The maximum atomic E-state index is 6.76. The van der Waals surface area contributed by atoms with Crippen molar-refractivity contribution in [1.82, 2.24) is 29.9 Å². The first kappa shape index (κ1) is 20.0. The van der Waals surface area contributed by atoms with Gasteiger partial charge in [0.1, 0.15) is 16.0 Å². The number of fused-ring (bicyclic) bond motifs is 2. The van der Waals surface area contributed by atoms with Crippen LogP contribution in [0.25, 0.3) is 22.3 Å². The first-order valence-electron chi connectivity index (χ1n) is 10.9. The molecule has 32 heavy (non-hydrogen) atoms. The fourth-order valence-electron chi connectivity index (χ4n) is 4.80. The summed E-state index contributed by atoms with van der Waals surface area (Å²) >= 11 is 13.5. The smallest absolute Gasteiger partial charge is 0.162 e. The van der Waals surface area contributed by atoms with E-state index in [9.17, 15) is 0 Å². The van der Waals surface area contributed by atoms with Gasteiger partial charge in [0.25, 0.3) is 0 Å². The van der Waals surface area contributed by atoms with Crippen molar-refractivity contribution in [3.05, 3.63) is 50.5 Å². The van der Waals surface area contributed by atoms with Gasteiger partial charge in [-0.05, 0) is 38.3 Å². The van der Waals surface area contributed by atoms with Crippen LogP contribution in [0.2, 0.25) is 10.2 Å². The van der Waals surface area contributed by atoms with Crippen LogP contribution in [0.3, 0.4) is 0 Å². The van der Waals surface area contributed by atoms with Crippen LogP contribution < -0.4 is 4.90 Å². The highest BCUT2D eigenvalue weighted by Gasteiger charge is 2.33. The van der Waals surface area contributed by atoms with E-state index >= 15 is 0 Å². The molecule has 164 valence electrons. The third-order valence-corrected chi connectivity index (χ3v) is 7.28. The van der Waals surface area contributed by atoms with E-state index in [1.165, 1.54) is 12.8 Å². The second kappa shape index (κ2) is 7.18. The quantitative estimate of drug-likeness (QED) is 0.423. The molecule has 0 saturated heterocycles. The summed E-state index contributed by atoms with van der Waals surface area (Å²) in [5.74, 6) is 2.12. The van der Waals surface area contributed by atoms with Gasteiger partial charge in [0.05, 0.1) is 22.6 Å². The van der Waals surface area contributed by atoms with Crippen LogP contribution in [0, 0.1) is 13.8 Å². The van der Waals surface area contributed by atoms with Crippen molar-refractivity contribution in [2.24, 2.45) is 7.05 Å². The number of nitrogens with one attached hydrogen (secondary N) is 1. The molecule has 7 nitrogen and oxygen atoms in total. The minimum Gasteiger partial charge on any atom is -0.351 e. The number of H-pyrrole nitrogens is 1. The monoisotopic (exact) mass is 467 g/mol. The van der Waals surface area contributed by atoms with Crippen LogP contribution in [0.5, 0.6) is 0 Å². The minimum absolute atomic E-state index is 0.493. The third-order valence-electron chi connectivity index (χ3n) is 6.60. The van der Waals surface area contributed by atoms with Gasteiger partial charge < -0.3 is 4.90 Å². The third kappa shape index (κ3) is 3.02. The predicted molar refractivity (Wildman–Crippen MR) is 127 cm³/mol. The Balaban J connectivity index is 1.40. The number of aromatic nitrogens is 6. The Labute approximate surface area is 195 Å². The molecule has 1 N–H and O–H groups in total. The number of aryl methyl sites for hydroxylation is 3. The number of aromatic amines is 1. The van der Waals surface area contributed by atoms with Crippen molar-refractivity contribution >= 4 is 39.9 Å². The Bertz CT molecular complexity index is 1380. The van der Waals surface area contributed by atoms with Crippen LogP contribution in [0.1, 0.15) is 47.0 Å². The second-order valence-electron chi connectivity index (χ2n) is 8.84. The number of hydrogen-bond acceptors (Lipinski definition) is 5. The lowest BCUT2D eigenvalue weighted by atomic mass is 10.0. The second-order valence-corrected chi connectivity index (χ2v) is 9.58. The molecule has 4 heterocycles. The highest BCUT2D eigenvalue weighted by Crippen LogP contribution is 2.46.